The van der Waals surface area contributed by atoms with Crippen LogP contribution in [0, 0.1) is 5.92 Å². The van der Waals surface area contributed by atoms with E-state index in [-0.39, 0.29) is 0 Å². The summed E-state index contributed by atoms with van der Waals surface area (Å²) in [6, 6.07) is 5.90. The summed E-state index contributed by atoms with van der Waals surface area (Å²) >= 11 is 0. The normalized spacial score (nSPS) is 27.4. The first-order valence-electron chi connectivity index (χ1n) is 6.00. The number of carbonyl (C=O) groups excluding carboxylic acids is 1. The number of ketones is 1. The van der Waals surface area contributed by atoms with Gasteiger partial charge in [-0.15, -0.1) is 0 Å². The first-order valence-corrected chi connectivity index (χ1v) is 6.00. The van der Waals surface area contributed by atoms with Crippen molar-refractivity contribution < 1.29 is 9.53 Å². The first kappa shape index (κ1) is 9.88. The Morgan fingerprint density at radius 2 is 2.19 bits per heavy atom. The number of benzene rings is 1. The first-order chi connectivity index (χ1) is 7.79. The zero-order valence-electron chi connectivity index (χ0n) is 9.53. The van der Waals surface area contributed by atoms with Gasteiger partial charge in [0, 0.05) is 12.0 Å². The van der Waals surface area contributed by atoms with E-state index in [2.05, 4.69) is 6.07 Å². The molecule has 1 aromatic rings. The number of rotatable bonds is 1. The summed E-state index contributed by atoms with van der Waals surface area (Å²) in [5.74, 6) is 2.38. The molecule has 0 amide bonds. The van der Waals surface area contributed by atoms with Gasteiger partial charge in [0.2, 0.25) is 0 Å². The van der Waals surface area contributed by atoms with Gasteiger partial charge in [-0.25, -0.2) is 0 Å². The minimum absolute atomic E-state index is 0.320. The van der Waals surface area contributed by atoms with E-state index in [0.717, 1.165) is 17.7 Å². The van der Waals surface area contributed by atoms with Gasteiger partial charge in [0.05, 0.1) is 7.11 Å². The smallest absolute Gasteiger partial charge is 0.163 e. The van der Waals surface area contributed by atoms with Crippen molar-refractivity contribution in [1.82, 2.24) is 0 Å². The van der Waals surface area contributed by atoms with Crippen LogP contribution in [0.1, 0.15) is 47.5 Å². The lowest BCUT2D eigenvalue weighted by Gasteiger charge is -2.27. The third-order valence-corrected chi connectivity index (χ3v) is 4.07. The molecule has 0 heterocycles. The molecule has 0 radical (unpaired) electrons. The van der Waals surface area contributed by atoms with Gasteiger partial charge in [0.15, 0.2) is 5.78 Å². The van der Waals surface area contributed by atoms with Crippen molar-refractivity contribution >= 4 is 5.78 Å². The molecule has 0 aromatic heterocycles. The van der Waals surface area contributed by atoms with Crippen molar-refractivity contribution in [3.63, 3.8) is 0 Å². The molecule has 0 spiro atoms. The summed E-state index contributed by atoms with van der Waals surface area (Å²) in [7, 11) is 1.68. The monoisotopic (exact) mass is 216 g/mol. The topological polar surface area (TPSA) is 26.3 Å². The Balaban J connectivity index is 2.10. The molecular weight excluding hydrogens is 200 g/mol. The summed E-state index contributed by atoms with van der Waals surface area (Å²) in [5.41, 5.74) is 2.17. The van der Waals surface area contributed by atoms with Gasteiger partial charge >= 0.3 is 0 Å². The molecule has 1 saturated carbocycles. The van der Waals surface area contributed by atoms with E-state index in [1.54, 1.807) is 7.11 Å². The highest BCUT2D eigenvalue weighted by atomic mass is 16.5. The van der Waals surface area contributed by atoms with Crippen LogP contribution >= 0.6 is 0 Å². The van der Waals surface area contributed by atoms with Gasteiger partial charge in [0.25, 0.3) is 0 Å². The second-order valence-electron chi connectivity index (χ2n) is 4.88. The van der Waals surface area contributed by atoms with Crippen LogP contribution in [0.4, 0.5) is 0 Å². The van der Waals surface area contributed by atoms with Gasteiger partial charge in [-0.2, -0.15) is 0 Å². The second kappa shape index (κ2) is 3.62. The number of carbonyl (C=O) groups is 1. The van der Waals surface area contributed by atoms with Crippen LogP contribution in [0.2, 0.25) is 0 Å². The van der Waals surface area contributed by atoms with Crippen LogP contribution in [0.25, 0.3) is 0 Å². The highest BCUT2D eigenvalue weighted by Crippen LogP contribution is 2.47. The quantitative estimate of drug-likeness (QED) is 0.720. The highest BCUT2D eigenvalue weighted by Gasteiger charge is 2.37. The van der Waals surface area contributed by atoms with Gasteiger partial charge in [0.1, 0.15) is 5.75 Å². The summed E-state index contributed by atoms with van der Waals surface area (Å²) < 4.78 is 5.25. The number of hydrogen-bond donors (Lipinski definition) is 0. The number of methoxy groups -OCH3 is 1. The van der Waals surface area contributed by atoms with Crippen LogP contribution in [0.5, 0.6) is 5.75 Å². The van der Waals surface area contributed by atoms with E-state index in [1.165, 1.54) is 24.8 Å². The molecule has 1 fully saturated rings. The van der Waals surface area contributed by atoms with Crippen LogP contribution in [-0.2, 0) is 0 Å². The van der Waals surface area contributed by atoms with E-state index in [0.29, 0.717) is 17.6 Å². The lowest BCUT2D eigenvalue weighted by Crippen LogP contribution is -2.21. The fourth-order valence-corrected chi connectivity index (χ4v) is 3.27. The van der Waals surface area contributed by atoms with Crippen LogP contribution in [0.15, 0.2) is 18.2 Å². The SMILES string of the molecule is COc1ccc2c(c1)[C@@H]1CCC[C@@H]1CC2=O. The molecule has 84 valence electrons. The zero-order chi connectivity index (χ0) is 11.1. The molecule has 0 N–H and O–H groups in total. The van der Waals surface area contributed by atoms with Gasteiger partial charge in [-0.1, -0.05) is 6.42 Å². The van der Waals surface area contributed by atoms with Crippen LogP contribution in [-0.4, -0.2) is 12.9 Å². The molecule has 0 unspecified atom stereocenters. The molecule has 2 heteroatoms. The Morgan fingerprint density at radius 1 is 1.31 bits per heavy atom. The standard InChI is InChI=1S/C14H16O2/c1-16-10-5-6-12-13(8-10)11-4-2-3-9(11)7-14(12)15/h5-6,8-9,11H,2-4,7H2,1H3/t9-,11-/m1/s1. The predicted molar refractivity (Wildman–Crippen MR) is 62.0 cm³/mol. The summed E-state index contributed by atoms with van der Waals surface area (Å²) in [4.78, 5) is 12.0. The Kier molecular flexibility index (Phi) is 2.23. The molecule has 1 aromatic carbocycles. The third-order valence-electron chi connectivity index (χ3n) is 4.07. The fraction of sp³-hybridized carbons (Fsp3) is 0.500. The van der Waals surface area contributed by atoms with E-state index < -0.39 is 0 Å². The molecule has 0 saturated heterocycles. The summed E-state index contributed by atoms with van der Waals surface area (Å²) in [6.07, 6.45) is 4.47. The summed E-state index contributed by atoms with van der Waals surface area (Å²) in [5, 5.41) is 0. The number of Topliss-reactive ketones (excluding diaryl/α,β-unsaturated/α-hetero) is 1. The molecular formula is C14H16O2. The predicted octanol–water partition coefficient (Wildman–Crippen LogP) is 3.17. The molecule has 16 heavy (non-hydrogen) atoms. The molecule has 2 aliphatic rings. The maximum absolute atomic E-state index is 12.0. The molecule has 2 aliphatic carbocycles. The van der Waals surface area contributed by atoms with Crippen molar-refractivity contribution in [2.75, 3.05) is 7.11 Å². The molecule has 2 nitrogen and oxygen atoms in total. The van der Waals surface area contributed by atoms with Crippen molar-refractivity contribution in [1.29, 1.82) is 0 Å². The molecule has 2 atom stereocenters. The average Bonchev–Trinajstić information content (AvgIpc) is 2.76. The number of hydrogen-bond acceptors (Lipinski definition) is 2. The largest absolute Gasteiger partial charge is 0.497 e. The van der Waals surface area contributed by atoms with E-state index >= 15 is 0 Å². The van der Waals surface area contributed by atoms with Gasteiger partial charge in [-0.3, -0.25) is 4.79 Å². The summed E-state index contributed by atoms with van der Waals surface area (Å²) in [6.45, 7) is 0. The molecule has 3 rings (SSSR count). The Bertz CT molecular complexity index is 436. The van der Waals surface area contributed by atoms with Gasteiger partial charge in [-0.05, 0) is 48.4 Å². The van der Waals surface area contributed by atoms with Crippen LogP contribution in [0.3, 0.4) is 0 Å². The third kappa shape index (κ3) is 1.36. The molecule has 0 bridgehead atoms. The minimum Gasteiger partial charge on any atom is -0.497 e. The lowest BCUT2D eigenvalue weighted by molar-refractivity contribution is 0.0943. The minimum atomic E-state index is 0.320. The lowest BCUT2D eigenvalue weighted by atomic mass is 9.76. The number of fused-ring (bicyclic) bond motifs is 3. The van der Waals surface area contributed by atoms with Crippen molar-refractivity contribution in [3.05, 3.63) is 29.3 Å². The van der Waals surface area contributed by atoms with E-state index in [1.807, 2.05) is 12.1 Å². The Hall–Kier alpha value is -1.31. The maximum atomic E-state index is 12.0. The zero-order valence-corrected chi connectivity index (χ0v) is 9.53. The van der Waals surface area contributed by atoms with Crippen molar-refractivity contribution in [2.45, 2.75) is 31.6 Å². The Morgan fingerprint density at radius 3 is 3.00 bits per heavy atom. The van der Waals surface area contributed by atoms with Crippen LogP contribution < -0.4 is 4.74 Å². The average molecular weight is 216 g/mol. The van der Waals surface area contributed by atoms with E-state index in [9.17, 15) is 4.79 Å². The Labute approximate surface area is 95.6 Å². The second-order valence-corrected chi connectivity index (χ2v) is 4.88. The van der Waals surface area contributed by atoms with Crippen molar-refractivity contribution in [2.24, 2.45) is 5.92 Å². The number of ether oxygens (including phenoxy) is 1. The maximum Gasteiger partial charge on any atom is 0.163 e. The van der Waals surface area contributed by atoms with Gasteiger partial charge < -0.3 is 4.74 Å². The van der Waals surface area contributed by atoms with E-state index in [4.69, 9.17) is 4.74 Å². The molecule has 0 aliphatic heterocycles. The fourth-order valence-electron chi connectivity index (χ4n) is 3.27. The highest BCUT2D eigenvalue weighted by molar-refractivity contribution is 5.99. The van der Waals surface area contributed by atoms with Crippen molar-refractivity contribution in [3.8, 4) is 5.75 Å².